The first-order valence-corrected chi connectivity index (χ1v) is 31.9. The zero-order valence-electron chi connectivity index (χ0n) is 42.7. The van der Waals surface area contributed by atoms with Crippen LogP contribution in [0.4, 0.5) is 0 Å². The van der Waals surface area contributed by atoms with E-state index in [1.807, 2.05) is 24.3 Å². The quantitative estimate of drug-likeness (QED) is 0.0821. The van der Waals surface area contributed by atoms with Crippen LogP contribution in [0.15, 0.2) is 132 Å². The molecule has 1 atom stereocenters. The van der Waals surface area contributed by atoms with Gasteiger partial charge in [-0.15, -0.1) is 18.2 Å². The van der Waals surface area contributed by atoms with Gasteiger partial charge in [0.1, 0.15) is 0 Å². The minimum absolute atomic E-state index is 0. The Balaban J connectivity index is 0.000000257. The molecule has 6 aromatic carbocycles. The van der Waals surface area contributed by atoms with Crippen molar-refractivity contribution in [3.05, 3.63) is 162 Å². The van der Waals surface area contributed by atoms with Gasteiger partial charge in [-0.3, -0.25) is 4.98 Å². The summed E-state index contributed by atoms with van der Waals surface area (Å²) in [4.78, 5) is 15.2. The summed E-state index contributed by atoms with van der Waals surface area (Å²) in [6, 6.07) is 50.0. The summed E-state index contributed by atoms with van der Waals surface area (Å²) in [5, 5.41) is 7.01. The third-order valence-corrected chi connectivity index (χ3v) is 18.1. The van der Waals surface area contributed by atoms with Gasteiger partial charge >= 0.3 is 126 Å². The number of imidazole rings is 1. The Morgan fingerprint density at radius 2 is 1.35 bits per heavy atom. The molecule has 4 heterocycles. The first kappa shape index (κ1) is 50.0. The van der Waals surface area contributed by atoms with Crippen molar-refractivity contribution in [2.45, 2.75) is 111 Å². The summed E-state index contributed by atoms with van der Waals surface area (Å²) in [7, 11) is 0. The molecule has 4 aromatic heterocycles. The van der Waals surface area contributed by atoms with E-state index in [0.29, 0.717) is 17.5 Å². The molecule has 10 aromatic rings. The van der Waals surface area contributed by atoms with Gasteiger partial charge in [-0.05, 0) is 68.8 Å². The van der Waals surface area contributed by atoms with E-state index >= 15 is 0 Å². The third-order valence-electron chi connectivity index (χ3n) is 13.8. The summed E-state index contributed by atoms with van der Waals surface area (Å²) in [6.07, 6.45) is 3.27. The van der Waals surface area contributed by atoms with Crippen LogP contribution < -0.4 is 4.40 Å². The van der Waals surface area contributed by atoms with Gasteiger partial charge in [-0.2, -0.15) is 0 Å². The predicted octanol–water partition coefficient (Wildman–Crippen LogP) is 16.8. The van der Waals surface area contributed by atoms with E-state index in [2.05, 4.69) is 206 Å². The molecule has 0 amide bonds. The van der Waals surface area contributed by atoms with Crippen molar-refractivity contribution in [2.75, 3.05) is 0 Å². The van der Waals surface area contributed by atoms with Crippen LogP contribution in [0.5, 0.6) is 0 Å². The average molecular weight is 1150 g/mol. The molecule has 0 saturated carbocycles. The minimum atomic E-state index is -1.86. The van der Waals surface area contributed by atoms with E-state index < -0.39 is 13.3 Å². The van der Waals surface area contributed by atoms with Crippen molar-refractivity contribution in [1.29, 1.82) is 0 Å². The van der Waals surface area contributed by atoms with Crippen LogP contribution in [0.3, 0.4) is 0 Å². The molecule has 69 heavy (non-hydrogen) atoms. The molecule has 0 spiro atoms. The third kappa shape index (κ3) is 9.74. The molecule has 7 heteroatoms. The Morgan fingerprint density at radius 3 is 1.99 bits per heavy atom. The molecule has 1 radical (unpaired) electrons. The number of hydrogen-bond donors (Lipinski definition) is 0. The number of benzene rings is 6. The van der Waals surface area contributed by atoms with Crippen LogP contribution in [0.25, 0.3) is 83.0 Å². The van der Waals surface area contributed by atoms with E-state index in [4.69, 9.17) is 19.4 Å². The Hall–Kier alpha value is -5.40. The predicted molar refractivity (Wildman–Crippen MR) is 292 cm³/mol. The first-order chi connectivity index (χ1) is 32.4. The molecule has 1 unspecified atom stereocenters. The van der Waals surface area contributed by atoms with Crippen molar-refractivity contribution < 1.29 is 24.5 Å². The molecule has 0 aliphatic carbocycles. The molecular weight excluding hydrogens is 1080 g/mol. The van der Waals surface area contributed by atoms with Crippen LogP contribution in [0.1, 0.15) is 109 Å². The molecule has 0 N–H and O–H groups in total. The number of fused-ring (bicyclic) bond motifs is 7. The second-order valence-corrected chi connectivity index (χ2v) is 32.5. The molecule has 0 aliphatic heterocycles. The normalized spacial score (nSPS) is 12.7. The Bertz CT molecular complexity index is 3460. The minimum Gasteiger partial charge on any atom is -0.486 e. The van der Waals surface area contributed by atoms with Gasteiger partial charge < -0.3 is 8.98 Å². The van der Waals surface area contributed by atoms with Gasteiger partial charge in [0, 0.05) is 42.5 Å². The van der Waals surface area contributed by atoms with Crippen molar-refractivity contribution >= 4 is 72.3 Å². The fraction of sp³-hybridized carbons (Fsp3) is 0.306. The first-order valence-electron chi connectivity index (χ1n) is 24.6. The number of pyridine rings is 2. The molecule has 10 rings (SSSR count). The number of hydrogen-bond acceptors (Lipinski definition) is 4. The van der Waals surface area contributed by atoms with Crippen molar-refractivity contribution in [3.63, 3.8) is 0 Å². The second-order valence-electron chi connectivity index (χ2n) is 21.9. The largest absolute Gasteiger partial charge is 0.486 e. The van der Waals surface area contributed by atoms with Crippen LogP contribution in [-0.2, 0) is 26.5 Å². The van der Waals surface area contributed by atoms with Gasteiger partial charge in [0.05, 0.1) is 28.1 Å². The molecule has 0 saturated heterocycles. The smallest absolute Gasteiger partial charge is 0.216 e. The van der Waals surface area contributed by atoms with Crippen LogP contribution in [0, 0.1) is 23.5 Å². The van der Waals surface area contributed by atoms with Gasteiger partial charge in [-0.1, -0.05) is 121 Å². The maximum absolute atomic E-state index is 6.73. The molecular formula is C62H66GeIrN4O-2. The van der Waals surface area contributed by atoms with Gasteiger partial charge in [0.15, 0.2) is 0 Å². The maximum Gasteiger partial charge on any atom is 0.216 e. The van der Waals surface area contributed by atoms with Crippen molar-refractivity contribution in [2.24, 2.45) is 11.3 Å². The Kier molecular flexibility index (Phi) is 14.3. The fourth-order valence-electron chi connectivity index (χ4n) is 9.79. The Morgan fingerprint density at radius 1 is 0.667 bits per heavy atom. The molecule has 0 bridgehead atoms. The Labute approximate surface area is 425 Å². The monoisotopic (exact) mass is 1150 g/mol. The zero-order chi connectivity index (χ0) is 48.2. The SMILES string of the molecule is CC(C)Cc1cc(-c2[c-]cccc2)nc[c]1[Ge]([CH3])([CH3])[CH3].CC(C)c1ccc2nc(-c3[c-]ccc4c3oc3nc(C(C)C(C)(C)C)ccc34)n(-c3c(C(C)C)c4ccccc4c4ccccc34)c2c1.[Ir]. The van der Waals surface area contributed by atoms with Crippen molar-refractivity contribution in [3.8, 4) is 28.3 Å². The van der Waals surface area contributed by atoms with Crippen LogP contribution in [0.2, 0.25) is 17.3 Å². The van der Waals surface area contributed by atoms with E-state index in [1.165, 1.54) is 43.9 Å². The molecule has 0 aliphatic rings. The number of aromatic nitrogens is 4. The van der Waals surface area contributed by atoms with Gasteiger partial charge in [0.2, 0.25) is 5.71 Å². The standard InChI is InChI=1S/C44H42N3O.C18H24GeN.Ir/c1-25(2)28-20-22-37-38(24-28)47(40-32-17-12-10-15-30(32)29-14-9-11-16-31(29)39(40)26(3)4)42(45-37)35-19-13-18-33-34-21-23-36(27(5)44(6,7)8)46-43(34)48-41(33)35;1-14(2)11-16-12-18(15-9-7-6-8-10-15)20-13-17(16)19(3,4)5;/h9-18,20-27H,1-8H3;6-9,12-14H,11H2,1-5H3;/q2*-1;. The van der Waals surface area contributed by atoms with E-state index in [-0.39, 0.29) is 37.4 Å². The summed E-state index contributed by atoms with van der Waals surface area (Å²) in [5.74, 6) is 9.72. The fourth-order valence-corrected chi connectivity index (χ4v) is 13.1. The number of nitrogens with zero attached hydrogens (tertiary/aromatic N) is 4. The summed E-state index contributed by atoms with van der Waals surface area (Å²) in [5.41, 5.74) is 12.8. The van der Waals surface area contributed by atoms with E-state index in [9.17, 15) is 0 Å². The molecule has 0 fully saturated rings. The second kappa shape index (κ2) is 19.8. The summed E-state index contributed by atoms with van der Waals surface area (Å²) < 4.78 is 10.7. The van der Waals surface area contributed by atoms with E-state index in [0.717, 1.165) is 62.1 Å². The van der Waals surface area contributed by atoms with Gasteiger partial charge in [-0.25, -0.2) is 4.98 Å². The summed E-state index contributed by atoms with van der Waals surface area (Å²) in [6.45, 7) is 22.7. The van der Waals surface area contributed by atoms with E-state index in [1.54, 1.807) is 4.40 Å². The van der Waals surface area contributed by atoms with Crippen molar-refractivity contribution in [1.82, 2.24) is 19.5 Å². The average Bonchev–Trinajstić information content (AvgIpc) is 3.88. The molecule has 5 nitrogen and oxygen atoms in total. The topological polar surface area (TPSA) is 56.7 Å². The van der Waals surface area contributed by atoms with Gasteiger partial charge in [0.25, 0.3) is 0 Å². The number of furan rings is 1. The zero-order valence-corrected chi connectivity index (χ0v) is 47.2. The maximum atomic E-state index is 6.73. The summed E-state index contributed by atoms with van der Waals surface area (Å²) >= 11 is -1.86. The van der Waals surface area contributed by atoms with Crippen LogP contribution in [-0.4, -0.2) is 32.8 Å². The number of rotatable bonds is 9. The van der Waals surface area contributed by atoms with Crippen LogP contribution >= 0.6 is 0 Å². The molecule has 355 valence electrons.